The standard InChI is InChI=1S/C15H15Cl2N3/c1-10(2)6-14-13(8-18)15(17)20(19-14)9-11-4-3-5-12(16)7-11/h3-5,7,10H,6,9H2,1-2H3. The number of rotatable bonds is 4. The number of halogens is 2. The topological polar surface area (TPSA) is 41.6 Å². The van der Waals surface area contributed by atoms with Crippen molar-refractivity contribution in [1.29, 1.82) is 5.26 Å². The Morgan fingerprint density at radius 2 is 2.10 bits per heavy atom. The molecule has 3 nitrogen and oxygen atoms in total. The molecule has 0 atom stereocenters. The van der Waals surface area contributed by atoms with Crippen molar-refractivity contribution in [3.05, 3.63) is 51.3 Å². The SMILES string of the molecule is CC(C)Cc1nn(Cc2cccc(Cl)c2)c(Cl)c1C#N. The molecule has 1 heterocycles. The Balaban J connectivity index is 2.33. The van der Waals surface area contributed by atoms with Crippen LogP contribution in [0.3, 0.4) is 0 Å². The zero-order valence-corrected chi connectivity index (χ0v) is 12.9. The van der Waals surface area contributed by atoms with E-state index in [0.717, 1.165) is 17.7 Å². The van der Waals surface area contributed by atoms with Crippen LogP contribution in [0.15, 0.2) is 24.3 Å². The second-order valence-electron chi connectivity index (χ2n) is 5.11. The highest BCUT2D eigenvalue weighted by molar-refractivity contribution is 6.31. The summed E-state index contributed by atoms with van der Waals surface area (Å²) >= 11 is 12.2. The Bertz CT molecular complexity index is 654. The molecule has 0 bridgehead atoms. The van der Waals surface area contributed by atoms with Crippen LogP contribution >= 0.6 is 23.2 Å². The first-order valence-electron chi connectivity index (χ1n) is 6.41. The van der Waals surface area contributed by atoms with Crippen molar-refractivity contribution < 1.29 is 0 Å². The third-order valence-electron chi connectivity index (χ3n) is 2.90. The quantitative estimate of drug-likeness (QED) is 0.844. The van der Waals surface area contributed by atoms with Gasteiger partial charge in [0.1, 0.15) is 16.8 Å². The molecular weight excluding hydrogens is 293 g/mol. The molecule has 5 heteroatoms. The number of nitriles is 1. The molecule has 0 fully saturated rings. The van der Waals surface area contributed by atoms with E-state index in [2.05, 4.69) is 25.0 Å². The summed E-state index contributed by atoms with van der Waals surface area (Å²) in [5.41, 5.74) is 2.24. The van der Waals surface area contributed by atoms with Crippen LogP contribution in [-0.2, 0) is 13.0 Å². The van der Waals surface area contributed by atoms with Crippen molar-refractivity contribution in [1.82, 2.24) is 9.78 Å². The average Bonchev–Trinajstić information content (AvgIpc) is 2.64. The van der Waals surface area contributed by atoms with E-state index in [1.54, 1.807) is 4.68 Å². The average molecular weight is 308 g/mol. The molecule has 0 aliphatic rings. The first kappa shape index (κ1) is 14.9. The van der Waals surface area contributed by atoms with Crippen LogP contribution in [0.2, 0.25) is 10.2 Å². The second kappa shape index (κ2) is 6.30. The lowest BCUT2D eigenvalue weighted by molar-refractivity contribution is 0.608. The lowest BCUT2D eigenvalue weighted by Gasteiger charge is -2.04. The van der Waals surface area contributed by atoms with Gasteiger partial charge < -0.3 is 0 Å². The summed E-state index contributed by atoms with van der Waals surface area (Å²) in [6.45, 7) is 4.68. The van der Waals surface area contributed by atoms with Crippen LogP contribution in [0, 0.1) is 17.2 Å². The minimum atomic E-state index is 0.392. The Hall–Kier alpha value is -1.50. The number of hydrogen-bond acceptors (Lipinski definition) is 2. The zero-order valence-electron chi connectivity index (χ0n) is 11.4. The maximum atomic E-state index is 9.23. The first-order chi connectivity index (χ1) is 9.51. The fourth-order valence-electron chi connectivity index (χ4n) is 2.04. The van der Waals surface area contributed by atoms with Crippen LogP contribution < -0.4 is 0 Å². The van der Waals surface area contributed by atoms with Gasteiger partial charge in [-0.2, -0.15) is 10.4 Å². The van der Waals surface area contributed by atoms with Crippen LogP contribution in [0.4, 0.5) is 0 Å². The Morgan fingerprint density at radius 3 is 2.70 bits per heavy atom. The van der Waals surface area contributed by atoms with Gasteiger partial charge in [-0.15, -0.1) is 0 Å². The first-order valence-corrected chi connectivity index (χ1v) is 7.16. The van der Waals surface area contributed by atoms with Crippen molar-refractivity contribution in [2.75, 3.05) is 0 Å². The summed E-state index contributed by atoms with van der Waals surface area (Å²) < 4.78 is 1.66. The highest BCUT2D eigenvalue weighted by Gasteiger charge is 2.17. The molecule has 0 radical (unpaired) electrons. The Morgan fingerprint density at radius 1 is 1.35 bits per heavy atom. The van der Waals surface area contributed by atoms with Gasteiger partial charge in [0.05, 0.1) is 12.2 Å². The highest BCUT2D eigenvalue weighted by atomic mass is 35.5. The van der Waals surface area contributed by atoms with Gasteiger partial charge in [-0.25, -0.2) is 4.68 Å². The monoisotopic (exact) mass is 307 g/mol. The molecule has 0 amide bonds. The minimum Gasteiger partial charge on any atom is -0.248 e. The maximum Gasteiger partial charge on any atom is 0.145 e. The predicted molar refractivity (Wildman–Crippen MR) is 81.0 cm³/mol. The van der Waals surface area contributed by atoms with E-state index in [1.807, 2.05) is 24.3 Å². The number of hydrogen-bond donors (Lipinski definition) is 0. The van der Waals surface area contributed by atoms with E-state index < -0.39 is 0 Å². The van der Waals surface area contributed by atoms with E-state index in [0.29, 0.717) is 28.2 Å². The number of benzene rings is 1. The van der Waals surface area contributed by atoms with E-state index in [-0.39, 0.29) is 0 Å². The summed E-state index contributed by atoms with van der Waals surface area (Å²) in [4.78, 5) is 0. The molecule has 0 spiro atoms. The molecule has 20 heavy (non-hydrogen) atoms. The molecular formula is C15H15Cl2N3. The van der Waals surface area contributed by atoms with Crippen molar-refractivity contribution in [3.63, 3.8) is 0 Å². The molecule has 1 aromatic carbocycles. The van der Waals surface area contributed by atoms with Crippen molar-refractivity contribution >= 4 is 23.2 Å². The van der Waals surface area contributed by atoms with E-state index in [9.17, 15) is 5.26 Å². The molecule has 2 aromatic rings. The lowest BCUT2D eigenvalue weighted by atomic mass is 10.1. The molecule has 104 valence electrons. The lowest BCUT2D eigenvalue weighted by Crippen LogP contribution is -2.03. The van der Waals surface area contributed by atoms with Gasteiger partial charge in [-0.1, -0.05) is 49.2 Å². The molecule has 0 aliphatic heterocycles. The van der Waals surface area contributed by atoms with Crippen LogP contribution in [0.5, 0.6) is 0 Å². The predicted octanol–water partition coefficient (Wildman–Crippen LogP) is 4.31. The normalized spacial score (nSPS) is 10.8. The van der Waals surface area contributed by atoms with E-state index >= 15 is 0 Å². The third-order valence-corrected chi connectivity index (χ3v) is 3.52. The van der Waals surface area contributed by atoms with Gasteiger partial charge in [0.2, 0.25) is 0 Å². The van der Waals surface area contributed by atoms with Gasteiger partial charge in [0.15, 0.2) is 0 Å². The zero-order chi connectivity index (χ0) is 14.7. The molecule has 0 aliphatic carbocycles. The highest BCUT2D eigenvalue weighted by Crippen LogP contribution is 2.23. The number of aromatic nitrogens is 2. The third kappa shape index (κ3) is 3.33. The molecule has 2 rings (SSSR count). The van der Waals surface area contributed by atoms with Crippen LogP contribution in [-0.4, -0.2) is 9.78 Å². The number of nitrogens with zero attached hydrogens (tertiary/aromatic N) is 3. The summed E-state index contributed by atoms with van der Waals surface area (Å²) in [5.74, 6) is 0.424. The summed E-state index contributed by atoms with van der Waals surface area (Å²) in [6.07, 6.45) is 0.741. The second-order valence-corrected chi connectivity index (χ2v) is 5.90. The molecule has 0 saturated heterocycles. The van der Waals surface area contributed by atoms with Gasteiger partial charge >= 0.3 is 0 Å². The molecule has 1 aromatic heterocycles. The fraction of sp³-hybridized carbons (Fsp3) is 0.333. The van der Waals surface area contributed by atoms with Crippen molar-refractivity contribution in [2.45, 2.75) is 26.8 Å². The Kier molecular flexibility index (Phi) is 4.69. The van der Waals surface area contributed by atoms with E-state index in [1.165, 1.54) is 0 Å². The summed E-state index contributed by atoms with van der Waals surface area (Å²) in [5, 5.41) is 14.8. The fourth-order valence-corrected chi connectivity index (χ4v) is 2.50. The molecule has 0 saturated carbocycles. The van der Waals surface area contributed by atoms with Gasteiger partial charge in [0.25, 0.3) is 0 Å². The van der Waals surface area contributed by atoms with Crippen molar-refractivity contribution in [3.8, 4) is 6.07 Å². The smallest absolute Gasteiger partial charge is 0.145 e. The summed E-state index contributed by atoms with van der Waals surface area (Å²) in [6, 6.07) is 9.67. The largest absolute Gasteiger partial charge is 0.248 e. The molecule has 0 N–H and O–H groups in total. The summed E-state index contributed by atoms with van der Waals surface area (Å²) in [7, 11) is 0. The minimum absolute atomic E-state index is 0.392. The van der Waals surface area contributed by atoms with Gasteiger partial charge in [-0.3, -0.25) is 0 Å². The Labute approximate surface area is 128 Å². The van der Waals surface area contributed by atoms with Gasteiger partial charge in [-0.05, 0) is 30.0 Å². The van der Waals surface area contributed by atoms with Crippen LogP contribution in [0.25, 0.3) is 0 Å². The van der Waals surface area contributed by atoms with Crippen molar-refractivity contribution in [2.24, 2.45) is 5.92 Å². The molecule has 0 unspecified atom stereocenters. The maximum absolute atomic E-state index is 9.23. The van der Waals surface area contributed by atoms with Crippen LogP contribution in [0.1, 0.15) is 30.7 Å². The van der Waals surface area contributed by atoms with E-state index in [4.69, 9.17) is 23.2 Å². The van der Waals surface area contributed by atoms with Gasteiger partial charge in [0, 0.05) is 5.02 Å².